The van der Waals surface area contributed by atoms with Crippen LogP contribution in [0, 0.1) is 0 Å². The Hall–Kier alpha value is -1.94. The summed E-state index contributed by atoms with van der Waals surface area (Å²) in [5.74, 6) is 0.570. The minimum Gasteiger partial charge on any atom is -0.496 e. The van der Waals surface area contributed by atoms with Crippen LogP contribution < -0.4 is 4.74 Å². The number of rotatable bonds is 4. The molecule has 0 aliphatic carbocycles. The highest BCUT2D eigenvalue weighted by Gasteiger charge is 2.11. The van der Waals surface area contributed by atoms with Crippen LogP contribution in [-0.4, -0.2) is 22.9 Å². The molecule has 0 amide bonds. The second kappa shape index (κ2) is 5.60. The molecule has 0 atom stereocenters. The fraction of sp³-hybridized carbons (Fsp3) is 0.154. The number of Topliss-reactive ketones (excluding diaryl/α,β-unsaturated/α-hetero) is 1. The topological polar surface area (TPSA) is 52.1 Å². The molecule has 0 radical (unpaired) electrons. The maximum Gasteiger partial charge on any atom is 0.170 e. The van der Waals surface area contributed by atoms with Gasteiger partial charge in [-0.3, -0.25) is 4.79 Å². The Morgan fingerprint density at radius 1 is 1.33 bits per heavy atom. The molecule has 0 saturated carbocycles. The number of hydrogen-bond donors (Lipinski definition) is 0. The standard InChI is InChI=1S/C13H11ClN2O2/c1-18-13-3-2-11(14)4-9(13)5-12(17)10-6-15-8-16-7-10/h2-4,6-8H,5H2,1H3. The number of carbonyl (C=O) groups excluding carboxylic acids is 1. The average Bonchev–Trinajstić information content (AvgIpc) is 2.40. The Morgan fingerprint density at radius 2 is 2.06 bits per heavy atom. The molecule has 5 heteroatoms. The van der Waals surface area contributed by atoms with Crippen molar-refractivity contribution < 1.29 is 9.53 Å². The Bertz CT molecular complexity index is 558. The van der Waals surface area contributed by atoms with E-state index in [0.717, 1.165) is 5.56 Å². The Labute approximate surface area is 110 Å². The monoisotopic (exact) mass is 262 g/mol. The first kappa shape index (κ1) is 12.5. The van der Waals surface area contributed by atoms with Crippen molar-refractivity contribution in [3.05, 3.63) is 53.1 Å². The summed E-state index contributed by atoms with van der Waals surface area (Å²) >= 11 is 5.91. The largest absolute Gasteiger partial charge is 0.496 e. The SMILES string of the molecule is COc1ccc(Cl)cc1CC(=O)c1cncnc1. The minimum atomic E-state index is -0.0730. The van der Waals surface area contributed by atoms with Crippen molar-refractivity contribution in [3.8, 4) is 5.75 Å². The molecule has 92 valence electrons. The predicted octanol–water partition coefficient (Wildman–Crippen LogP) is 2.56. The molecule has 4 nitrogen and oxygen atoms in total. The van der Waals surface area contributed by atoms with Crippen molar-refractivity contribution in [3.63, 3.8) is 0 Å². The molecule has 0 unspecified atom stereocenters. The Balaban J connectivity index is 2.24. The zero-order chi connectivity index (χ0) is 13.0. The van der Waals surface area contributed by atoms with Crippen LogP contribution >= 0.6 is 11.6 Å². The number of ether oxygens (including phenoxy) is 1. The molecule has 0 fully saturated rings. The lowest BCUT2D eigenvalue weighted by Gasteiger charge is -2.08. The summed E-state index contributed by atoms with van der Waals surface area (Å²) < 4.78 is 5.19. The van der Waals surface area contributed by atoms with Crippen molar-refractivity contribution in [1.82, 2.24) is 9.97 Å². The maximum atomic E-state index is 12.0. The number of ketones is 1. The van der Waals surface area contributed by atoms with E-state index in [4.69, 9.17) is 16.3 Å². The molecule has 2 rings (SSSR count). The minimum absolute atomic E-state index is 0.0730. The van der Waals surface area contributed by atoms with E-state index in [1.54, 1.807) is 25.3 Å². The molecular formula is C13H11ClN2O2. The fourth-order valence-electron chi connectivity index (χ4n) is 1.60. The molecule has 0 bridgehead atoms. The molecule has 0 spiro atoms. The van der Waals surface area contributed by atoms with E-state index in [-0.39, 0.29) is 12.2 Å². The van der Waals surface area contributed by atoms with E-state index >= 15 is 0 Å². The van der Waals surface area contributed by atoms with Crippen LogP contribution in [-0.2, 0) is 6.42 Å². The average molecular weight is 263 g/mol. The van der Waals surface area contributed by atoms with Crippen molar-refractivity contribution >= 4 is 17.4 Å². The zero-order valence-electron chi connectivity index (χ0n) is 9.76. The summed E-state index contributed by atoms with van der Waals surface area (Å²) in [5.41, 5.74) is 1.22. The normalized spacial score (nSPS) is 10.1. The molecular weight excluding hydrogens is 252 g/mol. The van der Waals surface area contributed by atoms with Gasteiger partial charge in [-0.2, -0.15) is 0 Å². The first-order valence-electron chi connectivity index (χ1n) is 5.31. The highest BCUT2D eigenvalue weighted by Crippen LogP contribution is 2.23. The van der Waals surface area contributed by atoms with Crippen LogP contribution in [0.25, 0.3) is 0 Å². The van der Waals surface area contributed by atoms with Gasteiger partial charge >= 0.3 is 0 Å². The number of hydrogen-bond acceptors (Lipinski definition) is 4. The van der Waals surface area contributed by atoms with Crippen molar-refractivity contribution in [1.29, 1.82) is 0 Å². The van der Waals surface area contributed by atoms with Crippen LogP contribution in [0.1, 0.15) is 15.9 Å². The van der Waals surface area contributed by atoms with Gasteiger partial charge in [-0.25, -0.2) is 9.97 Å². The van der Waals surface area contributed by atoms with Gasteiger partial charge in [-0.1, -0.05) is 11.6 Å². The Morgan fingerprint density at radius 3 is 2.72 bits per heavy atom. The number of aromatic nitrogens is 2. The summed E-state index contributed by atoms with van der Waals surface area (Å²) in [4.78, 5) is 19.7. The number of benzene rings is 1. The smallest absolute Gasteiger partial charge is 0.170 e. The van der Waals surface area contributed by atoms with Crippen molar-refractivity contribution in [2.24, 2.45) is 0 Å². The van der Waals surface area contributed by atoms with E-state index in [2.05, 4.69) is 9.97 Å². The lowest BCUT2D eigenvalue weighted by atomic mass is 10.0. The quantitative estimate of drug-likeness (QED) is 0.795. The van der Waals surface area contributed by atoms with E-state index in [0.29, 0.717) is 16.3 Å². The molecule has 1 aromatic heterocycles. The van der Waals surface area contributed by atoms with Gasteiger partial charge in [0.15, 0.2) is 5.78 Å². The van der Waals surface area contributed by atoms with Gasteiger partial charge in [0.2, 0.25) is 0 Å². The summed E-state index contributed by atoms with van der Waals surface area (Å²) in [7, 11) is 1.56. The molecule has 2 aromatic rings. The van der Waals surface area contributed by atoms with Crippen LogP contribution in [0.2, 0.25) is 5.02 Å². The lowest BCUT2D eigenvalue weighted by molar-refractivity contribution is 0.0991. The van der Waals surface area contributed by atoms with Crippen molar-refractivity contribution in [2.75, 3.05) is 7.11 Å². The van der Waals surface area contributed by atoms with Crippen LogP contribution in [0.3, 0.4) is 0 Å². The number of carbonyl (C=O) groups is 1. The highest BCUT2D eigenvalue weighted by molar-refractivity contribution is 6.30. The number of methoxy groups -OCH3 is 1. The number of halogens is 1. The Kier molecular flexibility index (Phi) is 3.89. The predicted molar refractivity (Wildman–Crippen MR) is 68.1 cm³/mol. The van der Waals surface area contributed by atoms with Gasteiger partial charge < -0.3 is 4.74 Å². The third-order valence-corrected chi connectivity index (χ3v) is 2.71. The van der Waals surface area contributed by atoms with Gasteiger partial charge in [-0.05, 0) is 18.2 Å². The summed E-state index contributed by atoms with van der Waals surface area (Å²) in [6.45, 7) is 0. The fourth-order valence-corrected chi connectivity index (χ4v) is 1.80. The molecule has 1 aromatic carbocycles. The van der Waals surface area contributed by atoms with Gasteiger partial charge in [0.05, 0.1) is 12.7 Å². The van der Waals surface area contributed by atoms with E-state index in [9.17, 15) is 4.79 Å². The third kappa shape index (κ3) is 2.84. The molecule has 1 heterocycles. The molecule has 0 aliphatic heterocycles. The third-order valence-electron chi connectivity index (χ3n) is 2.48. The van der Waals surface area contributed by atoms with E-state index in [1.165, 1.54) is 18.7 Å². The van der Waals surface area contributed by atoms with Gasteiger partial charge in [0.25, 0.3) is 0 Å². The zero-order valence-corrected chi connectivity index (χ0v) is 10.5. The van der Waals surface area contributed by atoms with Crippen molar-refractivity contribution in [2.45, 2.75) is 6.42 Å². The summed E-state index contributed by atoms with van der Waals surface area (Å²) in [5, 5.41) is 0.572. The molecule has 0 N–H and O–H groups in total. The summed E-state index contributed by atoms with van der Waals surface area (Å²) in [6.07, 6.45) is 4.58. The first-order chi connectivity index (χ1) is 8.70. The highest BCUT2D eigenvalue weighted by atomic mass is 35.5. The second-order valence-electron chi connectivity index (χ2n) is 3.68. The first-order valence-corrected chi connectivity index (χ1v) is 5.69. The van der Waals surface area contributed by atoms with Crippen LogP contribution in [0.4, 0.5) is 0 Å². The van der Waals surface area contributed by atoms with Gasteiger partial charge in [-0.15, -0.1) is 0 Å². The summed E-state index contributed by atoms with van der Waals surface area (Å²) in [6, 6.07) is 5.19. The molecule has 0 saturated heterocycles. The van der Waals surface area contributed by atoms with Crippen LogP contribution in [0.5, 0.6) is 5.75 Å². The lowest BCUT2D eigenvalue weighted by Crippen LogP contribution is -2.05. The van der Waals surface area contributed by atoms with Gasteiger partial charge in [0.1, 0.15) is 12.1 Å². The van der Waals surface area contributed by atoms with E-state index < -0.39 is 0 Å². The van der Waals surface area contributed by atoms with E-state index in [1.807, 2.05) is 0 Å². The maximum absolute atomic E-state index is 12.0. The van der Waals surface area contributed by atoms with Gasteiger partial charge in [0, 0.05) is 29.4 Å². The number of nitrogens with zero attached hydrogens (tertiary/aromatic N) is 2. The second-order valence-corrected chi connectivity index (χ2v) is 4.12. The van der Waals surface area contributed by atoms with Crippen LogP contribution in [0.15, 0.2) is 36.9 Å². The molecule has 0 aliphatic rings. The molecule has 18 heavy (non-hydrogen) atoms.